The number of hydrogen-bond donors (Lipinski definition) is 0. The Bertz CT molecular complexity index is 641. The van der Waals surface area contributed by atoms with Crippen LogP contribution in [0.15, 0.2) is 72.8 Å². The van der Waals surface area contributed by atoms with Gasteiger partial charge in [-0.15, -0.1) is 11.5 Å². The molecule has 22 heavy (non-hydrogen) atoms. The predicted octanol–water partition coefficient (Wildman–Crippen LogP) is -2.82. The molecular formula is C18H12Na2O2. The Morgan fingerprint density at radius 1 is 0.364 bits per heavy atom. The summed E-state index contributed by atoms with van der Waals surface area (Å²) in [6, 6.07) is 21.6. The average molecular weight is 306 g/mol. The molecule has 0 bridgehead atoms. The van der Waals surface area contributed by atoms with Gasteiger partial charge in [0.1, 0.15) is 0 Å². The van der Waals surface area contributed by atoms with Gasteiger partial charge in [0.2, 0.25) is 0 Å². The summed E-state index contributed by atoms with van der Waals surface area (Å²) in [5.74, 6) is 0.0335. The van der Waals surface area contributed by atoms with Crippen LogP contribution in [0, 0.1) is 0 Å². The van der Waals surface area contributed by atoms with E-state index in [0.717, 1.165) is 22.3 Å². The van der Waals surface area contributed by atoms with Crippen molar-refractivity contribution in [1.29, 1.82) is 0 Å². The molecule has 0 amide bonds. The fraction of sp³-hybridized carbons (Fsp3) is 0. The number of benzene rings is 3. The zero-order valence-electron chi connectivity index (χ0n) is 12.7. The Labute approximate surface area is 174 Å². The van der Waals surface area contributed by atoms with Crippen LogP contribution in [0.1, 0.15) is 0 Å². The van der Waals surface area contributed by atoms with Gasteiger partial charge >= 0.3 is 59.1 Å². The van der Waals surface area contributed by atoms with E-state index >= 15 is 0 Å². The van der Waals surface area contributed by atoms with E-state index in [2.05, 4.69) is 0 Å². The molecule has 3 rings (SSSR count). The quantitative estimate of drug-likeness (QED) is 0.480. The van der Waals surface area contributed by atoms with Crippen LogP contribution in [0.4, 0.5) is 0 Å². The second-order valence-electron chi connectivity index (χ2n) is 4.63. The molecule has 0 aliphatic carbocycles. The Morgan fingerprint density at radius 3 is 0.773 bits per heavy atom. The maximum absolute atomic E-state index is 11.1. The van der Waals surface area contributed by atoms with Gasteiger partial charge < -0.3 is 10.2 Å². The summed E-state index contributed by atoms with van der Waals surface area (Å²) in [6.45, 7) is 0. The first kappa shape index (κ1) is 19.3. The summed E-state index contributed by atoms with van der Waals surface area (Å²) in [4.78, 5) is 0. The van der Waals surface area contributed by atoms with Gasteiger partial charge in [-0.3, -0.25) is 0 Å². The zero-order chi connectivity index (χ0) is 13.9. The molecule has 3 aromatic rings. The fourth-order valence-electron chi connectivity index (χ4n) is 2.15. The van der Waals surface area contributed by atoms with Crippen LogP contribution in [-0.4, -0.2) is 0 Å². The molecule has 0 heterocycles. The molecule has 0 N–H and O–H groups in total. The van der Waals surface area contributed by atoms with Crippen molar-refractivity contribution >= 4 is 0 Å². The van der Waals surface area contributed by atoms with Crippen molar-refractivity contribution in [3.63, 3.8) is 0 Å². The minimum atomic E-state index is 0. The first-order valence-corrected chi connectivity index (χ1v) is 6.37. The number of hydrogen-bond acceptors (Lipinski definition) is 2. The van der Waals surface area contributed by atoms with Crippen LogP contribution >= 0.6 is 0 Å². The van der Waals surface area contributed by atoms with Crippen LogP contribution in [0.25, 0.3) is 22.3 Å². The fourth-order valence-corrected chi connectivity index (χ4v) is 2.15. The molecular weight excluding hydrogens is 294 g/mol. The standard InChI is InChI=1S/C18H14O2.2Na/c19-17-9-5-15(6-10-17)13-1-2-14(4-3-13)16-7-11-18(20)12-8-16;;/h1-12,19-20H;;/q;2*+1/p-2. The zero-order valence-corrected chi connectivity index (χ0v) is 16.7. The Hall–Kier alpha value is -0.740. The van der Waals surface area contributed by atoms with Gasteiger partial charge in [0.15, 0.2) is 0 Å². The molecule has 3 aromatic carbocycles. The van der Waals surface area contributed by atoms with E-state index in [4.69, 9.17) is 0 Å². The van der Waals surface area contributed by atoms with E-state index in [1.165, 1.54) is 0 Å². The van der Waals surface area contributed by atoms with Gasteiger partial charge in [0.25, 0.3) is 0 Å². The first-order valence-electron chi connectivity index (χ1n) is 6.37. The van der Waals surface area contributed by atoms with E-state index < -0.39 is 0 Å². The molecule has 0 atom stereocenters. The van der Waals surface area contributed by atoms with Crippen LogP contribution in [0.2, 0.25) is 0 Å². The van der Waals surface area contributed by atoms with E-state index in [1.807, 2.05) is 48.5 Å². The van der Waals surface area contributed by atoms with Crippen molar-refractivity contribution in [2.75, 3.05) is 0 Å². The van der Waals surface area contributed by atoms with E-state index in [1.54, 1.807) is 24.3 Å². The SMILES string of the molecule is [Na+].[Na+].[O-]c1ccc(-c2ccc(-c3ccc([O-])cc3)cc2)cc1. The summed E-state index contributed by atoms with van der Waals surface area (Å²) in [6.07, 6.45) is 0. The van der Waals surface area contributed by atoms with Crippen molar-refractivity contribution in [3.8, 4) is 33.8 Å². The van der Waals surface area contributed by atoms with Crippen molar-refractivity contribution in [3.05, 3.63) is 72.8 Å². The monoisotopic (exact) mass is 306 g/mol. The predicted molar refractivity (Wildman–Crippen MR) is 76.2 cm³/mol. The van der Waals surface area contributed by atoms with Crippen molar-refractivity contribution in [2.24, 2.45) is 0 Å². The molecule has 4 heteroatoms. The minimum absolute atomic E-state index is 0. The normalized spacial score (nSPS) is 9.45. The van der Waals surface area contributed by atoms with Crippen LogP contribution in [0.3, 0.4) is 0 Å². The molecule has 0 aromatic heterocycles. The first-order chi connectivity index (χ1) is 9.72. The Morgan fingerprint density at radius 2 is 0.545 bits per heavy atom. The van der Waals surface area contributed by atoms with Gasteiger partial charge in [0, 0.05) is 0 Å². The van der Waals surface area contributed by atoms with Gasteiger partial charge in [-0.25, -0.2) is 0 Å². The van der Waals surface area contributed by atoms with Crippen LogP contribution in [0.5, 0.6) is 11.5 Å². The molecule has 98 valence electrons. The van der Waals surface area contributed by atoms with Gasteiger partial charge in [-0.2, -0.15) is 0 Å². The summed E-state index contributed by atoms with van der Waals surface area (Å²) >= 11 is 0. The van der Waals surface area contributed by atoms with Crippen LogP contribution < -0.4 is 69.3 Å². The molecule has 2 nitrogen and oxygen atoms in total. The van der Waals surface area contributed by atoms with Crippen molar-refractivity contribution < 1.29 is 69.3 Å². The average Bonchev–Trinajstić information content (AvgIpc) is 2.49. The third kappa shape index (κ3) is 4.63. The second-order valence-corrected chi connectivity index (χ2v) is 4.63. The van der Waals surface area contributed by atoms with Gasteiger partial charge in [-0.05, 0) is 22.3 Å². The summed E-state index contributed by atoms with van der Waals surface area (Å²) < 4.78 is 0. The maximum Gasteiger partial charge on any atom is 1.00 e. The molecule has 0 radical (unpaired) electrons. The van der Waals surface area contributed by atoms with E-state index in [-0.39, 0.29) is 70.6 Å². The molecule has 0 saturated carbocycles. The molecule has 0 spiro atoms. The number of rotatable bonds is 2. The van der Waals surface area contributed by atoms with Gasteiger partial charge in [-0.1, -0.05) is 72.8 Å². The molecule has 0 aliphatic heterocycles. The second kappa shape index (κ2) is 8.78. The minimum Gasteiger partial charge on any atom is -0.872 e. The topological polar surface area (TPSA) is 46.1 Å². The smallest absolute Gasteiger partial charge is 0.872 e. The summed E-state index contributed by atoms with van der Waals surface area (Å²) in [7, 11) is 0. The van der Waals surface area contributed by atoms with Crippen molar-refractivity contribution in [2.45, 2.75) is 0 Å². The molecule has 0 saturated heterocycles. The molecule has 0 aliphatic rings. The van der Waals surface area contributed by atoms with Crippen LogP contribution in [-0.2, 0) is 0 Å². The molecule has 0 unspecified atom stereocenters. The maximum atomic E-state index is 11.1. The van der Waals surface area contributed by atoms with Crippen molar-refractivity contribution in [1.82, 2.24) is 0 Å². The third-order valence-corrected chi connectivity index (χ3v) is 3.26. The Balaban J connectivity index is 0.00000121. The van der Waals surface area contributed by atoms with E-state index in [9.17, 15) is 10.2 Å². The summed E-state index contributed by atoms with van der Waals surface area (Å²) in [5.41, 5.74) is 4.17. The third-order valence-electron chi connectivity index (χ3n) is 3.26. The largest absolute Gasteiger partial charge is 1.00 e. The molecule has 0 fully saturated rings. The summed E-state index contributed by atoms with van der Waals surface area (Å²) in [5, 5.41) is 22.2. The van der Waals surface area contributed by atoms with Gasteiger partial charge in [0.05, 0.1) is 0 Å². The van der Waals surface area contributed by atoms with E-state index in [0.29, 0.717) is 0 Å². The Kier molecular flexibility index (Phi) is 7.70.